The molecule has 1 unspecified atom stereocenters. The van der Waals surface area contributed by atoms with Crippen LogP contribution in [0.25, 0.3) is 6.08 Å². The Balaban J connectivity index is 2.28. The fourth-order valence-electron chi connectivity index (χ4n) is 2.22. The van der Waals surface area contributed by atoms with Crippen LogP contribution in [0.3, 0.4) is 0 Å². The van der Waals surface area contributed by atoms with Crippen molar-refractivity contribution in [2.45, 2.75) is 19.8 Å². The van der Waals surface area contributed by atoms with Crippen molar-refractivity contribution in [1.29, 1.82) is 0 Å². The predicted molar refractivity (Wildman–Crippen MR) is 66.0 cm³/mol. The van der Waals surface area contributed by atoms with Crippen LogP contribution < -0.4 is 4.74 Å². The van der Waals surface area contributed by atoms with E-state index in [1.807, 2.05) is 6.08 Å². The van der Waals surface area contributed by atoms with Gasteiger partial charge < -0.3 is 9.47 Å². The molecule has 0 aliphatic carbocycles. The summed E-state index contributed by atoms with van der Waals surface area (Å²) < 4.78 is 10.7. The van der Waals surface area contributed by atoms with Gasteiger partial charge in [-0.3, -0.25) is 0 Å². The van der Waals surface area contributed by atoms with E-state index < -0.39 is 0 Å². The highest BCUT2D eigenvalue weighted by Crippen LogP contribution is 2.37. The monoisotopic (exact) mass is 218 g/mol. The molecule has 0 N–H and O–H groups in total. The van der Waals surface area contributed by atoms with Crippen molar-refractivity contribution in [2.75, 3.05) is 20.3 Å². The van der Waals surface area contributed by atoms with E-state index in [1.54, 1.807) is 7.11 Å². The minimum absolute atomic E-state index is 0.520. The average molecular weight is 218 g/mol. The average Bonchev–Trinajstić information content (AvgIpc) is 2.61. The van der Waals surface area contributed by atoms with Gasteiger partial charge in [0.05, 0.1) is 13.2 Å². The zero-order chi connectivity index (χ0) is 11.5. The Hall–Kier alpha value is -1.28. The number of ether oxygens (including phenoxy) is 2. The third-order valence-corrected chi connectivity index (χ3v) is 2.93. The van der Waals surface area contributed by atoms with Gasteiger partial charge in [-0.1, -0.05) is 25.1 Å². The molecule has 1 aliphatic rings. The standard InChI is InChI=1S/C14H18O2/c1-10-7-12(5-4-6-15-3)8-13-14(10)11(2)9-16-13/h4-5,7-8,11H,6,9H2,1-3H3/b5-4+. The second-order valence-electron chi connectivity index (χ2n) is 4.32. The topological polar surface area (TPSA) is 18.5 Å². The SMILES string of the molecule is COC/C=C/c1cc(C)c2c(c1)OCC2C. The molecule has 0 saturated heterocycles. The van der Waals surface area contributed by atoms with Gasteiger partial charge in [0, 0.05) is 18.6 Å². The third-order valence-electron chi connectivity index (χ3n) is 2.93. The maximum atomic E-state index is 5.67. The Labute approximate surface area is 96.9 Å². The fourth-order valence-corrected chi connectivity index (χ4v) is 2.22. The van der Waals surface area contributed by atoms with Crippen LogP contribution in [-0.2, 0) is 4.74 Å². The lowest BCUT2D eigenvalue weighted by Gasteiger charge is -2.07. The molecule has 0 aromatic heterocycles. The van der Waals surface area contributed by atoms with Gasteiger partial charge in [0.1, 0.15) is 5.75 Å². The summed E-state index contributed by atoms with van der Waals surface area (Å²) in [7, 11) is 1.70. The van der Waals surface area contributed by atoms with Crippen molar-refractivity contribution in [3.63, 3.8) is 0 Å². The van der Waals surface area contributed by atoms with Crippen molar-refractivity contribution in [1.82, 2.24) is 0 Å². The summed E-state index contributed by atoms with van der Waals surface area (Å²) in [5.74, 6) is 1.57. The summed E-state index contributed by atoms with van der Waals surface area (Å²) in [6.45, 7) is 5.81. The Kier molecular flexibility index (Phi) is 3.30. The van der Waals surface area contributed by atoms with Gasteiger partial charge in [-0.15, -0.1) is 0 Å². The van der Waals surface area contributed by atoms with E-state index in [9.17, 15) is 0 Å². The molecule has 2 nitrogen and oxygen atoms in total. The Bertz CT molecular complexity index is 407. The van der Waals surface area contributed by atoms with Gasteiger partial charge in [-0.2, -0.15) is 0 Å². The molecule has 2 heteroatoms. The van der Waals surface area contributed by atoms with E-state index in [0.717, 1.165) is 12.4 Å². The molecule has 1 atom stereocenters. The van der Waals surface area contributed by atoms with Crippen LogP contribution in [0.4, 0.5) is 0 Å². The van der Waals surface area contributed by atoms with Crippen LogP contribution in [0.15, 0.2) is 18.2 Å². The summed E-state index contributed by atoms with van der Waals surface area (Å²) in [5, 5.41) is 0. The molecular formula is C14H18O2. The first kappa shape index (κ1) is 11.2. The maximum absolute atomic E-state index is 5.67. The number of hydrogen-bond acceptors (Lipinski definition) is 2. The van der Waals surface area contributed by atoms with Gasteiger partial charge in [-0.25, -0.2) is 0 Å². The van der Waals surface area contributed by atoms with Crippen molar-refractivity contribution in [3.8, 4) is 5.75 Å². The number of aryl methyl sites for hydroxylation is 1. The quantitative estimate of drug-likeness (QED) is 0.776. The Morgan fingerprint density at radius 1 is 1.50 bits per heavy atom. The van der Waals surface area contributed by atoms with Crippen molar-refractivity contribution in [3.05, 3.63) is 34.9 Å². The smallest absolute Gasteiger partial charge is 0.123 e. The fraction of sp³-hybridized carbons (Fsp3) is 0.429. The highest BCUT2D eigenvalue weighted by molar-refractivity contribution is 5.58. The van der Waals surface area contributed by atoms with E-state index in [-0.39, 0.29) is 0 Å². The van der Waals surface area contributed by atoms with Gasteiger partial charge in [0.2, 0.25) is 0 Å². The predicted octanol–water partition coefficient (Wildman–Crippen LogP) is 3.15. The molecule has 1 aromatic rings. The van der Waals surface area contributed by atoms with Crippen LogP contribution in [0.1, 0.15) is 29.5 Å². The van der Waals surface area contributed by atoms with E-state index in [2.05, 4.69) is 32.1 Å². The van der Waals surface area contributed by atoms with Crippen molar-refractivity contribution < 1.29 is 9.47 Å². The number of benzene rings is 1. The first-order valence-corrected chi connectivity index (χ1v) is 5.65. The highest BCUT2D eigenvalue weighted by Gasteiger charge is 2.22. The number of methoxy groups -OCH3 is 1. The second kappa shape index (κ2) is 4.71. The van der Waals surface area contributed by atoms with Crippen molar-refractivity contribution >= 4 is 6.08 Å². The van der Waals surface area contributed by atoms with Gasteiger partial charge >= 0.3 is 0 Å². The molecule has 1 aromatic carbocycles. The molecule has 0 fully saturated rings. The molecule has 86 valence electrons. The summed E-state index contributed by atoms with van der Waals surface area (Å²) in [6.07, 6.45) is 4.09. The second-order valence-corrected chi connectivity index (χ2v) is 4.32. The molecule has 0 spiro atoms. The van der Waals surface area contributed by atoms with Crippen LogP contribution >= 0.6 is 0 Å². The lowest BCUT2D eigenvalue weighted by Crippen LogP contribution is -1.94. The van der Waals surface area contributed by atoms with E-state index in [4.69, 9.17) is 9.47 Å². The summed E-state index contributed by atoms with van der Waals surface area (Å²) in [5.41, 5.74) is 3.87. The van der Waals surface area contributed by atoms with Gasteiger partial charge in [-0.05, 0) is 24.1 Å². The van der Waals surface area contributed by atoms with Gasteiger partial charge in [0.25, 0.3) is 0 Å². The number of hydrogen-bond donors (Lipinski definition) is 0. The Morgan fingerprint density at radius 2 is 2.31 bits per heavy atom. The van der Waals surface area contributed by atoms with Crippen LogP contribution in [0, 0.1) is 6.92 Å². The summed E-state index contributed by atoms with van der Waals surface area (Å²) in [4.78, 5) is 0. The van der Waals surface area contributed by atoms with Crippen LogP contribution in [-0.4, -0.2) is 20.3 Å². The zero-order valence-electron chi connectivity index (χ0n) is 10.1. The first-order valence-electron chi connectivity index (χ1n) is 5.65. The maximum Gasteiger partial charge on any atom is 0.123 e. The minimum atomic E-state index is 0.520. The summed E-state index contributed by atoms with van der Waals surface area (Å²) >= 11 is 0. The lowest BCUT2D eigenvalue weighted by atomic mass is 9.96. The molecule has 0 bridgehead atoms. The number of fused-ring (bicyclic) bond motifs is 1. The lowest BCUT2D eigenvalue weighted by molar-refractivity contribution is 0.234. The molecule has 2 rings (SSSR count). The van der Waals surface area contributed by atoms with Crippen molar-refractivity contribution in [2.24, 2.45) is 0 Å². The molecule has 0 saturated carbocycles. The zero-order valence-corrected chi connectivity index (χ0v) is 10.1. The molecule has 16 heavy (non-hydrogen) atoms. The summed E-state index contributed by atoms with van der Waals surface area (Å²) in [6, 6.07) is 4.31. The molecular weight excluding hydrogens is 200 g/mol. The molecule has 1 heterocycles. The van der Waals surface area contributed by atoms with E-state index in [0.29, 0.717) is 12.5 Å². The first-order chi connectivity index (χ1) is 7.72. The molecule has 1 aliphatic heterocycles. The van der Waals surface area contributed by atoms with Gasteiger partial charge in [0.15, 0.2) is 0 Å². The van der Waals surface area contributed by atoms with Crippen LogP contribution in [0.5, 0.6) is 5.75 Å². The molecule has 0 radical (unpaired) electrons. The minimum Gasteiger partial charge on any atom is -0.493 e. The Morgan fingerprint density at radius 3 is 3.06 bits per heavy atom. The van der Waals surface area contributed by atoms with E-state index >= 15 is 0 Å². The highest BCUT2D eigenvalue weighted by atomic mass is 16.5. The molecule has 0 amide bonds. The number of rotatable bonds is 3. The normalized spacial score (nSPS) is 18.8. The van der Waals surface area contributed by atoms with Crippen LogP contribution in [0.2, 0.25) is 0 Å². The van der Waals surface area contributed by atoms with E-state index in [1.165, 1.54) is 16.7 Å². The third kappa shape index (κ3) is 2.12. The largest absolute Gasteiger partial charge is 0.493 e.